The smallest absolute Gasteiger partial charge is 0.327 e. The standard InChI is InChI=1S/C24H27O4P/c1-18(2)22-16-10-9-15-21(22)17-27-23(19-11-5-3-6-12-19)24(28-29(25)26)20-13-7-4-8-14-20/h3-16,18,23-26H,17H2,1-2H3. The third kappa shape index (κ3) is 5.96. The summed E-state index contributed by atoms with van der Waals surface area (Å²) in [5.41, 5.74) is 4.10. The highest BCUT2D eigenvalue weighted by atomic mass is 31.2. The molecule has 3 aromatic rings. The minimum atomic E-state index is -2.55. The van der Waals surface area contributed by atoms with E-state index in [0.29, 0.717) is 12.5 Å². The highest BCUT2D eigenvalue weighted by Crippen LogP contribution is 2.43. The topological polar surface area (TPSA) is 58.9 Å². The van der Waals surface area contributed by atoms with Crippen molar-refractivity contribution < 1.29 is 19.0 Å². The van der Waals surface area contributed by atoms with Crippen molar-refractivity contribution in [2.75, 3.05) is 0 Å². The van der Waals surface area contributed by atoms with Gasteiger partial charge in [0.2, 0.25) is 0 Å². The molecule has 29 heavy (non-hydrogen) atoms. The molecule has 3 aromatic carbocycles. The molecule has 0 saturated heterocycles. The van der Waals surface area contributed by atoms with Gasteiger partial charge in [-0.2, -0.15) is 0 Å². The van der Waals surface area contributed by atoms with Crippen LogP contribution in [-0.2, 0) is 15.9 Å². The first kappa shape index (κ1) is 21.6. The van der Waals surface area contributed by atoms with Crippen LogP contribution in [0.3, 0.4) is 0 Å². The van der Waals surface area contributed by atoms with Crippen molar-refractivity contribution in [2.24, 2.45) is 0 Å². The molecule has 0 bridgehead atoms. The fraction of sp³-hybridized carbons (Fsp3) is 0.250. The van der Waals surface area contributed by atoms with E-state index in [1.54, 1.807) is 0 Å². The summed E-state index contributed by atoms with van der Waals surface area (Å²) in [4.78, 5) is 19.2. The molecule has 2 atom stereocenters. The Morgan fingerprint density at radius 1 is 0.724 bits per heavy atom. The van der Waals surface area contributed by atoms with Crippen LogP contribution in [0.5, 0.6) is 0 Å². The summed E-state index contributed by atoms with van der Waals surface area (Å²) in [5, 5.41) is 0. The van der Waals surface area contributed by atoms with Gasteiger partial charge in [-0.1, -0.05) is 98.8 Å². The van der Waals surface area contributed by atoms with E-state index in [4.69, 9.17) is 9.26 Å². The molecule has 0 saturated carbocycles. The molecule has 0 aliphatic carbocycles. The summed E-state index contributed by atoms with van der Waals surface area (Å²) in [6.45, 7) is 4.72. The Bertz CT molecular complexity index is 868. The number of hydrogen-bond acceptors (Lipinski definition) is 4. The molecule has 0 heterocycles. The Hall–Kier alpha value is -2.07. The Labute approximate surface area is 173 Å². The quantitative estimate of drug-likeness (QED) is 0.423. The summed E-state index contributed by atoms with van der Waals surface area (Å²) in [5.74, 6) is 0.383. The van der Waals surface area contributed by atoms with Crippen molar-refractivity contribution >= 4 is 8.60 Å². The van der Waals surface area contributed by atoms with Gasteiger partial charge in [0.15, 0.2) is 0 Å². The average Bonchev–Trinajstić information content (AvgIpc) is 2.74. The van der Waals surface area contributed by atoms with Gasteiger partial charge < -0.3 is 19.0 Å². The van der Waals surface area contributed by atoms with Crippen molar-refractivity contribution in [2.45, 2.75) is 38.6 Å². The number of hydrogen-bond donors (Lipinski definition) is 2. The second-order valence-corrected chi connectivity index (χ2v) is 7.90. The molecular formula is C24H27O4P. The van der Waals surface area contributed by atoms with Crippen LogP contribution in [0, 0.1) is 0 Å². The fourth-order valence-electron chi connectivity index (χ4n) is 3.44. The summed E-state index contributed by atoms with van der Waals surface area (Å²) < 4.78 is 12.0. The fourth-order valence-corrected chi connectivity index (χ4v) is 3.88. The zero-order valence-corrected chi connectivity index (χ0v) is 17.6. The van der Waals surface area contributed by atoms with E-state index >= 15 is 0 Å². The normalized spacial score (nSPS) is 13.6. The van der Waals surface area contributed by atoms with Crippen LogP contribution < -0.4 is 0 Å². The number of rotatable bonds is 9. The van der Waals surface area contributed by atoms with Crippen molar-refractivity contribution in [1.82, 2.24) is 0 Å². The zero-order chi connectivity index (χ0) is 20.6. The zero-order valence-electron chi connectivity index (χ0n) is 16.7. The van der Waals surface area contributed by atoms with Crippen LogP contribution in [-0.4, -0.2) is 9.79 Å². The average molecular weight is 410 g/mol. The maximum atomic E-state index is 9.62. The van der Waals surface area contributed by atoms with Gasteiger partial charge in [-0.05, 0) is 28.2 Å². The molecule has 152 valence electrons. The molecule has 3 rings (SSSR count). The number of ether oxygens (including phenoxy) is 1. The van der Waals surface area contributed by atoms with Crippen LogP contribution in [0.1, 0.15) is 54.2 Å². The lowest BCUT2D eigenvalue weighted by Crippen LogP contribution is -2.17. The summed E-state index contributed by atoms with van der Waals surface area (Å²) >= 11 is 0. The molecule has 0 amide bonds. The van der Waals surface area contributed by atoms with E-state index < -0.39 is 20.8 Å². The molecular weight excluding hydrogens is 383 g/mol. The van der Waals surface area contributed by atoms with Crippen molar-refractivity contribution in [3.05, 3.63) is 107 Å². The SMILES string of the molecule is CC(C)c1ccccc1COC(c1ccccc1)C(OP(O)O)c1ccccc1. The Kier molecular flexibility index (Phi) is 7.93. The van der Waals surface area contributed by atoms with Gasteiger partial charge >= 0.3 is 8.60 Å². The molecule has 0 aromatic heterocycles. The summed E-state index contributed by atoms with van der Waals surface area (Å²) in [6.07, 6.45) is -1.14. The lowest BCUT2D eigenvalue weighted by atomic mass is 9.96. The predicted molar refractivity (Wildman–Crippen MR) is 116 cm³/mol. The minimum absolute atomic E-state index is 0.383. The molecule has 0 aliphatic heterocycles. The largest absolute Gasteiger partial charge is 0.366 e. The van der Waals surface area contributed by atoms with E-state index in [0.717, 1.165) is 16.7 Å². The van der Waals surface area contributed by atoms with E-state index in [-0.39, 0.29) is 0 Å². The first-order chi connectivity index (χ1) is 14.1. The van der Waals surface area contributed by atoms with E-state index in [1.165, 1.54) is 5.56 Å². The highest BCUT2D eigenvalue weighted by Gasteiger charge is 2.29. The van der Waals surface area contributed by atoms with Crippen molar-refractivity contribution in [1.29, 1.82) is 0 Å². The summed E-state index contributed by atoms with van der Waals surface area (Å²) in [6, 6.07) is 27.5. The Morgan fingerprint density at radius 3 is 1.79 bits per heavy atom. The monoisotopic (exact) mass is 410 g/mol. The highest BCUT2D eigenvalue weighted by molar-refractivity contribution is 7.39. The van der Waals surface area contributed by atoms with Gasteiger partial charge in [-0.25, -0.2) is 0 Å². The maximum Gasteiger partial charge on any atom is 0.327 e. The summed E-state index contributed by atoms with van der Waals surface area (Å²) in [7, 11) is -2.55. The molecule has 0 radical (unpaired) electrons. The Balaban J connectivity index is 1.94. The molecule has 0 fully saturated rings. The lowest BCUT2D eigenvalue weighted by Gasteiger charge is -2.29. The van der Waals surface area contributed by atoms with E-state index in [2.05, 4.69) is 26.0 Å². The van der Waals surface area contributed by atoms with Gasteiger partial charge in [0.25, 0.3) is 0 Å². The van der Waals surface area contributed by atoms with Crippen LogP contribution in [0.25, 0.3) is 0 Å². The first-order valence-corrected chi connectivity index (χ1v) is 10.9. The van der Waals surface area contributed by atoms with Crippen LogP contribution >= 0.6 is 8.60 Å². The molecule has 0 spiro atoms. The van der Waals surface area contributed by atoms with Gasteiger partial charge in [-0.15, -0.1) is 0 Å². The molecule has 2 N–H and O–H groups in total. The van der Waals surface area contributed by atoms with E-state index in [1.807, 2.05) is 72.8 Å². The molecule has 4 nitrogen and oxygen atoms in total. The number of benzene rings is 3. The maximum absolute atomic E-state index is 9.62. The van der Waals surface area contributed by atoms with Crippen molar-refractivity contribution in [3.63, 3.8) is 0 Å². The van der Waals surface area contributed by atoms with Crippen LogP contribution in [0.2, 0.25) is 0 Å². The minimum Gasteiger partial charge on any atom is -0.366 e. The molecule has 2 unspecified atom stereocenters. The van der Waals surface area contributed by atoms with Crippen LogP contribution in [0.4, 0.5) is 0 Å². The predicted octanol–water partition coefficient (Wildman–Crippen LogP) is 6.04. The third-order valence-corrected chi connectivity index (χ3v) is 5.25. The Morgan fingerprint density at radius 2 is 1.24 bits per heavy atom. The third-order valence-electron chi connectivity index (χ3n) is 4.83. The second kappa shape index (κ2) is 10.6. The molecule has 0 aliphatic rings. The van der Waals surface area contributed by atoms with Gasteiger partial charge in [0.1, 0.15) is 12.2 Å². The van der Waals surface area contributed by atoms with Gasteiger partial charge in [0.05, 0.1) is 6.61 Å². The van der Waals surface area contributed by atoms with Crippen molar-refractivity contribution in [3.8, 4) is 0 Å². The van der Waals surface area contributed by atoms with Gasteiger partial charge in [0, 0.05) is 0 Å². The van der Waals surface area contributed by atoms with Crippen LogP contribution in [0.15, 0.2) is 84.9 Å². The van der Waals surface area contributed by atoms with Gasteiger partial charge in [-0.3, -0.25) is 0 Å². The lowest BCUT2D eigenvalue weighted by molar-refractivity contribution is -0.0424. The van der Waals surface area contributed by atoms with E-state index in [9.17, 15) is 9.79 Å². The molecule has 5 heteroatoms. The second-order valence-electron chi connectivity index (χ2n) is 7.19. The first-order valence-electron chi connectivity index (χ1n) is 9.70.